The molecule has 0 aromatic heterocycles. The Balaban J connectivity index is 1.41. The van der Waals surface area contributed by atoms with E-state index < -0.39 is 191 Å². The van der Waals surface area contributed by atoms with E-state index >= 15 is 26.3 Å². The molecule has 0 aliphatic carbocycles. The van der Waals surface area contributed by atoms with Gasteiger partial charge >= 0.3 is 32.6 Å². The Morgan fingerprint density at radius 1 is 0.406 bits per heavy atom. The van der Waals surface area contributed by atoms with Gasteiger partial charge in [0.05, 0.1) is 22.3 Å². The summed E-state index contributed by atoms with van der Waals surface area (Å²) >= 11 is 0. The van der Waals surface area contributed by atoms with Crippen LogP contribution >= 0.6 is 0 Å². The number of ether oxygens (including phenoxy) is 6. The molecule has 2 heterocycles. The van der Waals surface area contributed by atoms with Gasteiger partial charge in [0.25, 0.3) is 23.6 Å². The Labute approximate surface area is 376 Å². The quantitative estimate of drug-likeness (QED) is 0.0659. The highest BCUT2D eigenvalue weighted by Crippen LogP contribution is 2.57. The molecule has 0 N–H and O–H groups in total. The van der Waals surface area contributed by atoms with Crippen molar-refractivity contribution < 1.29 is 126 Å². The van der Waals surface area contributed by atoms with Gasteiger partial charge in [-0.25, -0.2) is 26.3 Å². The Hall–Kier alpha value is -7.06. The molecule has 0 unspecified atom stereocenters. The second-order valence-electron chi connectivity index (χ2n) is 13.2. The van der Waals surface area contributed by atoms with Crippen molar-refractivity contribution in [2.45, 2.75) is 27.6 Å². The lowest BCUT2D eigenvalue weighted by molar-refractivity contribution is -0.288. The van der Waals surface area contributed by atoms with Crippen molar-refractivity contribution in [3.63, 3.8) is 0 Å². The van der Waals surface area contributed by atoms with Crippen molar-refractivity contribution in [3.8, 4) is 34.5 Å². The van der Waals surface area contributed by atoms with Crippen LogP contribution in [0.2, 0.25) is 0 Å². The second kappa shape index (κ2) is 19.1. The van der Waals surface area contributed by atoms with Crippen LogP contribution in [0.5, 0.6) is 34.5 Å². The molecule has 0 radical (unpaired) electrons. The zero-order chi connectivity index (χ0) is 51.0. The van der Waals surface area contributed by atoms with Crippen LogP contribution in [-0.4, -0.2) is 104 Å². The van der Waals surface area contributed by atoms with Crippen LogP contribution in [0.1, 0.15) is 52.6 Å². The van der Waals surface area contributed by atoms with Gasteiger partial charge in [0.1, 0.15) is 11.5 Å². The lowest BCUT2D eigenvalue weighted by Gasteiger charge is -2.38. The highest BCUT2D eigenvalue weighted by molar-refractivity contribution is 7.87. The molecule has 4 amide bonds. The number of hydrogen-bond acceptors (Lipinski definition) is 16. The molecule has 0 bridgehead atoms. The summed E-state index contributed by atoms with van der Waals surface area (Å²) in [5.74, 6) is -13.9. The highest BCUT2D eigenvalue weighted by Gasteiger charge is 2.73. The van der Waals surface area contributed by atoms with Crippen LogP contribution in [0.15, 0.2) is 70.5 Å². The molecule has 0 saturated carbocycles. The fourth-order valence-electron chi connectivity index (χ4n) is 6.85. The predicted molar refractivity (Wildman–Crippen MR) is 196 cm³/mol. The number of imide groups is 2. The van der Waals surface area contributed by atoms with E-state index in [1.54, 1.807) is 0 Å². The number of nitrogens with zero attached hydrogens (tertiary/aromatic N) is 2. The van der Waals surface area contributed by atoms with Crippen LogP contribution in [0.4, 0.5) is 52.7 Å². The molecule has 32 heteroatoms. The molecule has 0 fully saturated rings. The third-order valence-electron chi connectivity index (χ3n) is 9.53. The Morgan fingerprint density at radius 2 is 0.681 bits per heavy atom. The lowest BCUT2D eigenvalue weighted by atomic mass is 9.71. The molecule has 0 atom stereocenters. The zero-order valence-corrected chi connectivity index (χ0v) is 34.9. The fourth-order valence-corrected chi connectivity index (χ4v) is 9.12. The first-order valence-electron chi connectivity index (χ1n) is 18.0. The van der Waals surface area contributed by atoms with Gasteiger partial charge in [-0.3, -0.25) is 19.2 Å². The molecule has 2 aliphatic rings. The summed E-state index contributed by atoms with van der Waals surface area (Å²) < 4.78 is 261. The molecule has 4 aromatic rings. The van der Waals surface area contributed by atoms with Crippen LogP contribution in [0.3, 0.4) is 0 Å². The van der Waals surface area contributed by atoms with Crippen LogP contribution in [0.25, 0.3) is 0 Å². The normalized spacial score (nSPS) is 14.3. The lowest BCUT2D eigenvalue weighted by Crippen LogP contribution is -2.55. The minimum absolute atomic E-state index is 0.00716. The van der Waals surface area contributed by atoms with Crippen molar-refractivity contribution in [1.29, 1.82) is 0 Å². The number of halogens is 12. The van der Waals surface area contributed by atoms with Gasteiger partial charge in [-0.2, -0.15) is 43.2 Å². The average molecular weight is 1040 g/mol. The molecule has 372 valence electrons. The molecule has 0 spiro atoms. The maximum atomic E-state index is 15.4. The second-order valence-corrected chi connectivity index (χ2v) is 16.1. The molecular weight excluding hydrogens is 1020 g/mol. The minimum Gasteiger partial charge on any atom is -0.463 e. The SMILES string of the molecule is O=C1c2ccc(C(c3ccc4c(c3)C(=O)N(OS(=O)(=O)c3c(OCF)cc(OCF)cc3OCF)C4=O)(C(F)(F)F)C(F)(F)F)cc2C(=O)N1OS(=O)(=O)c1c(OCF)cc(OCF)cc1OCF. The molecule has 4 aromatic carbocycles. The Bertz CT molecular complexity index is 2710. The third-order valence-corrected chi connectivity index (χ3v) is 12.0. The predicted octanol–water partition coefficient (Wildman–Crippen LogP) is 6.77. The molecule has 0 saturated heterocycles. The van der Waals surface area contributed by atoms with E-state index in [4.69, 9.17) is 0 Å². The number of hydroxylamine groups is 4. The number of hydrogen-bond donors (Lipinski definition) is 0. The summed E-state index contributed by atoms with van der Waals surface area (Å²) in [6.45, 7) is -10.6. The molecule has 2 aliphatic heterocycles. The van der Waals surface area contributed by atoms with Crippen molar-refractivity contribution in [2.24, 2.45) is 0 Å². The number of carbonyl (C=O) groups is 4. The van der Waals surface area contributed by atoms with Gasteiger partial charge in [0, 0.05) is 24.3 Å². The van der Waals surface area contributed by atoms with E-state index in [9.17, 15) is 62.4 Å². The highest BCUT2D eigenvalue weighted by atomic mass is 32.2. The van der Waals surface area contributed by atoms with Gasteiger partial charge in [0.2, 0.25) is 46.6 Å². The number of alkyl halides is 12. The minimum atomic E-state index is -6.58. The van der Waals surface area contributed by atoms with Gasteiger partial charge in [0.15, 0.2) is 32.8 Å². The van der Waals surface area contributed by atoms with Gasteiger partial charge < -0.3 is 28.4 Å². The summed E-state index contributed by atoms with van der Waals surface area (Å²) in [6, 6.07) is 2.07. The number of fused-ring (bicyclic) bond motifs is 2. The van der Waals surface area contributed by atoms with Crippen LogP contribution in [-0.2, 0) is 34.2 Å². The van der Waals surface area contributed by atoms with Gasteiger partial charge in [-0.15, -0.1) is 18.7 Å². The van der Waals surface area contributed by atoms with Gasteiger partial charge in [-0.05, 0) is 35.4 Å². The van der Waals surface area contributed by atoms with Crippen LogP contribution < -0.4 is 28.4 Å². The van der Waals surface area contributed by atoms with Crippen LogP contribution in [0, 0.1) is 0 Å². The molecular formula is C37H22F12N2O16S2. The molecule has 18 nitrogen and oxygen atoms in total. The summed E-state index contributed by atoms with van der Waals surface area (Å²) in [5.41, 5.74) is -14.3. The Morgan fingerprint density at radius 3 is 0.942 bits per heavy atom. The number of carbonyl (C=O) groups excluding carboxylic acids is 4. The standard InChI is InChI=1S/C37H22F12N2O16S2/c38-11-60-19-7-25(62-13-40)29(26(8-19)63-14-41)68(56,57)66-50-31(52)21-3-1-17(5-23(21)33(50)54)35(36(44,45)46,37(47,48)49)18-2-4-22-24(6-18)34(55)51(32(22)53)67-69(58,59)30-27(64-15-42)9-20(61-12-39)10-28(30)65-16-43/h1-10H,11-16H2. The van der Waals surface area contributed by atoms with E-state index in [0.717, 1.165) is 0 Å². The van der Waals surface area contributed by atoms with Crippen molar-refractivity contribution in [2.75, 3.05) is 41.2 Å². The average Bonchev–Trinajstić information content (AvgIpc) is 3.62. The topological polar surface area (TPSA) is 217 Å². The van der Waals surface area contributed by atoms with E-state index in [1.807, 2.05) is 0 Å². The summed E-state index contributed by atoms with van der Waals surface area (Å²) in [5, 5.41) is -1.38. The van der Waals surface area contributed by atoms with E-state index in [-0.39, 0.29) is 36.4 Å². The van der Waals surface area contributed by atoms with E-state index in [1.165, 1.54) is 0 Å². The maximum absolute atomic E-state index is 15.4. The first kappa shape index (κ1) is 51.3. The first-order valence-corrected chi connectivity index (χ1v) is 20.8. The Kier molecular flexibility index (Phi) is 14.2. The molecule has 6 rings (SSSR count). The number of benzene rings is 4. The van der Waals surface area contributed by atoms with E-state index in [2.05, 4.69) is 37.0 Å². The van der Waals surface area contributed by atoms with E-state index in [0.29, 0.717) is 24.3 Å². The zero-order valence-electron chi connectivity index (χ0n) is 33.3. The van der Waals surface area contributed by atoms with Crippen molar-refractivity contribution >= 4 is 43.9 Å². The summed E-state index contributed by atoms with van der Waals surface area (Å²) in [7, 11) is -11.7. The fraction of sp³-hybridized carbons (Fsp3) is 0.243. The van der Waals surface area contributed by atoms with Gasteiger partial charge in [-0.1, -0.05) is 12.1 Å². The third kappa shape index (κ3) is 9.05. The van der Waals surface area contributed by atoms with Crippen molar-refractivity contribution in [3.05, 3.63) is 94.0 Å². The van der Waals surface area contributed by atoms with Crippen molar-refractivity contribution in [1.82, 2.24) is 10.1 Å². The maximum Gasteiger partial charge on any atom is 0.411 e. The first-order chi connectivity index (χ1) is 32.4. The molecule has 69 heavy (non-hydrogen) atoms. The number of amides is 4. The largest absolute Gasteiger partial charge is 0.463 e. The summed E-state index contributed by atoms with van der Waals surface area (Å²) in [6.07, 6.45) is -13.2. The number of rotatable bonds is 20. The monoisotopic (exact) mass is 1040 g/mol. The smallest absolute Gasteiger partial charge is 0.411 e. The summed E-state index contributed by atoms with van der Waals surface area (Å²) in [4.78, 5) is 50.6.